The van der Waals surface area contributed by atoms with Crippen LogP contribution < -0.4 is 15.4 Å². The maximum Gasteiger partial charge on any atom is 0.305 e. The number of hydrogen-bond acceptors (Lipinski definition) is 7. The van der Waals surface area contributed by atoms with Gasteiger partial charge in [-0.1, -0.05) is 17.3 Å². The van der Waals surface area contributed by atoms with Crippen molar-refractivity contribution in [1.29, 1.82) is 0 Å². The Morgan fingerprint density at radius 3 is 2.23 bits per heavy atom. The number of rotatable bonds is 11. The Bertz CT molecular complexity index is 1400. The van der Waals surface area contributed by atoms with Gasteiger partial charge in [0.25, 0.3) is 5.91 Å². The summed E-state index contributed by atoms with van der Waals surface area (Å²) in [6.45, 7) is -0.0996. The molecule has 2 amide bonds. The van der Waals surface area contributed by atoms with E-state index in [1.54, 1.807) is 0 Å². The first kappa shape index (κ1) is 28.7. The molecule has 0 aliphatic heterocycles. The van der Waals surface area contributed by atoms with Crippen molar-refractivity contribution >= 4 is 23.6 Å². The van der Waals surface area contributed by atoms with Gasteiger partial charge in [0.05, 0.1) is 12.0 Å². The highest BCUT2D eigenvalue weighted by Crippen LogP contribution is 2.26. The van der Waals surface area contributed by atoms with E-state index in [4.69, 9.17) is 9.63 Å². The van der Waals surface area contributed by atoms with Gasteiger partial charge in [-0.15, -0.1) is 0 Å². The lowest BCUT2D eigenvalue weighted by Crippen LogP contribution is -2.51. The van der Waals surface area contributed by atoms with Gasteiger partial charge in [0.2, 0.25) is 17.5 Å². The predicted molar refractivity (Wildman–Crippen MR) is 120 cm³/mol. The summed E-state index contributed by atoms with van der Waals surface area (Å²) < 4.78 is 77.5. The average Bonchev–Trinajstić information content (AvgIpc) is 3.37. The van der Waals surface area contributed by atoms with Gasteiger partial charge in [-0.2, -0.15) is 8.78 Å². The Morgan fingerprint density at radius 2 is 1.62 bits per heavy atom. The Balaban J connectivity index is 1.64. The highest BCUT2D eigenvalue weighted by atomic mass is 19.2. The third-order valence-electron chi connectivity index (χ3n) is 5.14. The number of nitrogens with zero attached hydrogens (tertiary/aromatic N) is 1. The summed E-state index contributed by atoms with van der Waals surface area (Å²) in [6.07, 6.45) is -1.01. The molecule has 2 atom stereocenters. The molecule has 0 saturated carbocycles. The fraction of sp³-hybridized carbons (Fsp3) is 0.208. The number of ketones is 1. The zero-order valence-corrected chi connectivity index (χ0v) is 19.8. The summed E-state index contributed by atoms with van der Waals surface area (Å²) in [5.74, 6) is -14.5. The van der Waals surface area contributed by atoms with E-state index in [2.05, 4.69) is 15.2 Å². The Kier molecular flexibility index (Phi) is 8.96. The first-order chi connectivity index (χ1) is 18.4. The molecule has 0 unspecified atom stereocenters. The molecule has 0 aliphatic carbocycles. The molecule has 1 aromatic heterocycles. The summed E-state index contributed by atoms with van der Waals surface area (Å²) >= 11 is 0. The summed E-state index contributed by atoms with van der Waals surface area (Å²) in [5.41, 5.74) is -0.307. The molecule has 10 nitrogen and oxygen atoms in total. The Labute approximate surface area is 215 Å². The van der Waals surface area contributed by atoms with Gasteiger partial charge in [-0.25, -0.2) is 13.2 Å². The monoisotopic (exact) mass is 555 g/mol. The number of carboxylic acids is 1. The van der Waals surface area contributed by atoms with Crippen molar-refractivity contribution < 1.29 is 55.5 Å². The third kappa shape index (κ3) is 6.94. The van der Waals surface area contributed by atoms with Crippen molar-refractivity contribution in [3.05, 3.63) is 71.2 Å². The topological polar surface area (TPSA) is 148 Å². The van der Waals surface area contributed by atoms with Crippen molar-refractivity contribution in [2.75, 3.05) is 6.61 Å². The maximum atomic E-state index is 13.9. The van der Waals surface area contributed by atoms with Crippen molar-refractivity contribution in [3.8, 4) is 17.1 Å². The number of carbonyl (C=O) groups is 4. The largest absolute Gasteiger partial charge is 0.481 e. The van der Waals surface area contributed by atoms with Crippen LogP contribution in [0.5, 0.6) is 5.75 Å². The van der Waals surface area contributed by atoms with E-state index in [0.717, 1.165) is 12.1 Å². The molecule has 2 aromatic carbocycles. The van der Waals surface area contributed by atoms with E-state index in [1.165, 1.54) is 25.1 Å². The van der Waals surface area contributed by atoms with E-state index in [9.17, 15) is 41.1 Å². The molecule has 206 valence electrons. The van der Waals surface area contributed by atoms with E-state index in [1.807, 2.05) is 5.32 Å². The van der Waals surface area contributed by atoms with Crippen LogP contribution >= 0.6 is 0 Å². The zero-order valence-electron chi connectivity index (χ0n) is 19.8. The number of Topliss-reactive ketones (excluding diaryl/α,β-unsaturated/α-hetero) is 1. The van der Waals surface area contributed by atoms with Gasteiger partial charge in [0, 0.05) is 12.1 Å². The number of aromatic nitrogens is 1. The minimum absolute atomic E-state index is 0.0211. The fourth-order valence-corrected chi connectivity index (χ4v) is 3.14. The summed E-state index contributed by atoms with van der Waals surface area (Å²) in [6, 6.07) is 3.33. The van der Waals surface area contributed by atoms with Crippen LogP contribution in [0.4, 0.5) is 22.0 Å². The fourth-order valence-electron chi connectivity index (χ4n) is 3.14. The van der Waals surface area contributed by atoms with Crippen molar-refractivity contribution in [2.24, 2.45) is 0 Å². The maximum absolute atomic E-state index is 13.9. The van der Waals surface area contributed by atoms with Gasteiger partial charge in [0.1, 0.15) is 24.5 Å². The molecular formula is C24H18F5N3O7. The Hall–Kier alpha value is -4.82. The van der Waals surface area contributed by atoms with Crippen molar-refractivity contribution in [1.82, 2.24) is 15.8 Å². The molecule has 0 aliphatic rings. The number of amides is 2. The third-order valence-corrected chi connectivity index (χ3v) is 5.14. The van der Waals surface area contributed by atoms with E-state index in [-0.39, 0.29) is 23.1 Å². The van der Waals surface area contributed by atoms with Gasteiger partial charge < -0.3 is 25.0 Å². The second-order valence-electron chi connectivity index (χ2n) is 7.96. The number of carboxylic acid groups (broad SMARTS) is 1. The van der Waals surface area contributed by atoms with Crippen LogP contribution in [0.1, 0.15) is 23.8 Å². The highest BCUT2D eigenvalue weighted by molar-refractivity contribution is 5.98. The molecule has 0 saturated heterocycles. The van der Waals surface area contributed by atoms with Crippen LogP contribution in [-0.4, -0.2) is 52.5 Å². The summed E-state index contributed by atoms with van der Waals surface area (Å²) in [7, 11) is 0. The normalized spacial score (nSPS) is 12.4. The average molecular weight is 555 g/mol. The molecule has 0 bridgehead atoms. The van der Waals surface area contributed by atoms with Crippen LogP contribution in [0, 0.1) is 29.1 Å². The van der Waals surface area contributed by atoms with Crippen LogP contribution in [0.25, 0.3) is 11.3 Å². The highest BCUT2D eigenvalue weighted by Gasteiger charge is 2.29. The predicted octanol–water partition coefficient (Wildman–Crippen LogP) is 2.76. The van der Waals surface area contributed by atoms with Gasteiger partial charge >= 0.3 is 5.97 Å². The van der Waals surface area contributed by atoms with Gasteiger partial charge in [-0.05, 0) is 19.1 Å². The summed E-state index contributed by atoms with van der Waals surface area (Å²) in [5, 5.41) is 16.8. The molecular weight excluding hydrogens is 537 g/mol. The molecule has 0 radical (unpaired) electrons. The van der Waals surface area contributed by atoms with Crippen molar-refractivity contribution in [2.45, 2.75) is 25.4 Å². The number of halogens is 5. The lowest BCUT2D eigenvalue weighted by atomic mass is 10.1. The molecule has 15 heteroatoms. The van der Waals surface area contributed by atoms with E-state index in [0.29, 0.717) is 0 Å². The number of carbonyl (C=O) groups excluding carboxylic acids is 3. The van der Waals surface area contributed by atoms with Crippen LogP contribution in [0.2, 0.25) is 0 Å². The second kappa shape index (κ2) is 12.1. The molecule has 1 heterocycles. The zero-order chi connectivity index (χ0) is 28.9. The molecule has 3 rings (SSSR count). The second-order valence-corrected chi connectivity index (χ2v) is 7.96. The number of ether oxygens (including phenoxy) is 1. The molecule has 3 aromatic rings. The van der Waals surface area contributed by atoms with Crippen molar-refractivity contribution in [3.63, 3.8) is 0 Å². The lowest BCUT2D eigenvalue weighted by Gasteiger charge is -2.19. The van der Waals surface area contributed by atoms with Crippen LogP contribution in [0.15, 0.2) is 40.9 Å². The number of aliphatic carboxylic acids is 1. The number of nitrogens with one attached hydrogen (secondary N) is 2. The smallest absolute Gasteiger partial charge is 0.305 e. The number of benzene rings is 2. The van der Waals surface area contributed by atoms with E-state index >= 15 is 0 Å². The molecule has 0 spiro atoms. The Morgan fingerprint density at radius 1 is 0.974 bits per heavy atom. The minimum Gasteiger partial charge on any atom is -0.481 e. The lowest BCUT2D eigenvalue weighted by molar-refractivity contribution is -0.140. The van der Waals surface area contributed by atoms with Crippen LogP contribution in [0.3, 0.4) is 0 Å². The molecule has 3 N–H and O–H groups in total. The minimum atomic E-state index is -1.93. The first-order valence-electron chi connectivity index (χ1n) is 10.9. The van der Waals surface area contributed by atoms with E-state index < -0.39 is 83.5 Å². The van der Waals surface area contributed by atoms with Gasteiger partial charge in [-0.3, -0.25) is 19.2 Å². The molecule has 39 heavy (non-hydrogen) atoms. The van der Waals surface area contributed by atoms with Crippen LogP contribution in [-0.2, 0) is 14.4 Å². The standard InChI is InChI=1S/C24H18F5N3O7/c1-10(30-24(37)16-7-18(39-32-16)11-4-2-3-5-12(11)25)23(36)31-15(8-19(34)35)17(33)9-38-22-20(28)13(26)6-14(27)21(22)29/h2-7,10,15H,8-9H2,1H3,(H,30,37)(H,31,36)(H,34,35)/t10-,15-/m0/s1. The summed E-state index contributed by atoms with van der Waals surface area (Å²) in [4.78, 5) is 48.6. The SMILES string of the molecule is C[C@H](NC(=O)c1cc(-c2ccccc2F)on1)C(=O)N[C@@H](CC(=O)O)C(=O)COc1c(F)c(F)cc(F)c1F. The molecule has 0 fully saturated rings. The quantitative estimate of drug-likeness (QED) is 0.242. The number of hydrogen-bond donors (Lipinski definition) is 3. The van der Waals surface area contributed by atoms with Gasteiger partial charge in [0.15, 0.2) is 34.6 Å². The first-order valence-corrected chi connectivity index (χ1v) is 10.9.